The molecule has 0 amide bonds. The van der Waals surface area contributed by atoms with E-state index in [1.54, 1.807) is 42.5 Å². The minimum Gasteiger partial charge on any atom is -0.493 e. The predicted molar refractivity (Wildman–Crippen MR) is 128 cm³/mol. The van der Waals surface area contributed by atoms with Gasteiger partial charge in [-0.3, -0.25) is 25.7 Å². The van der Waals surface area contributed by atoms with Gasteiger partial charge in [0.1, 0.15) is 5.69 Å². The first-order chi connectivity index (χ1) is 15.8. The number of ether oxygens (including phenoxy) is 2. The van der Waals surface area contributed by atoms with Gasteiger partial charge in [0.2, 0.25) is 0 Å². The fraction of sp³-hybridized carbons (Fsp3) is 0.0476. The molecule has 0 spiro atoms. The predicted octanol–water partition coefficient (Wildman–Crippen LogP) is 4.78. The number of non-ortho nitro benzene ring substituents is 1. The third kappa shape index (κ3) is 5.79. The maximum Gasteiger partial charge on any atom is 0.343 e. The summed E-state index contributed by atoms with van der Waals surface area (Å²) in [6, 6.07) is 14.9. The lowest BCUT2D eigenvalue weighted by Gasteiger charge is -2.12. The highest BCUT2D eigenvalue weighted by Gasteiger charge is 2.19. The Hall–Kier alpha value is -4.07. The lowest BCUT2D eigenvalue weighted by atomic mass is 10.2. The molecule has 0 heterocycles. The van der Waals surface area contributed by atoms with Gasteiger partial charge in [-0.25, -0.2) is 4.79 Å². The highest BCUT2D eigenvalue weighted by Crippen LogP contribution is 2.34. The number of nitro benzene ring substituents is 2. The van der Waals surface area contributed by atoms with Crippen molar-refractivity contribution in [2.24, 2.45) is 5.10 Å². The molecule has 168 valence electrons. The average molecular weight is 562 g/mol. The van der Waals surface area contributed by atoms with Crippen molar-refractivity contribution < 1.29 is 24.1 Å². The van der Waals surface area contributed by atoms with Crippen molar-refractivity contribution in [3.05, 3.63) is 95.6 Å². The zero-order valence-corrected chi connectivity index (χ0v) is 19.1. The first-order valence-electron chi connectivity index (χ1n) is 9.17. The number of hydrazone groups is 1. The second-order valence-corrected chi connectivity index (χ2v) is 7.54. The zero-order valence-electron chi connectivity index (χ0n) is 16.9. The van der Waals surface area contributed by atoms with Crippen LogP contribution in [0.25, 0.3) is 0 Å². The Morgan fingerprint density at radius 2 is 1.79 bits per heavy atom. The molecule has 0 aliphatic rings. The van der Waals surface area contributed by atoms with E-state index in [-0.39, 0.29) is 17.2 Å². The van der Waals surface area contributed by atoms with Crippen LogP contribution in [0.4, 0.5) is 17.1 Å². The molecule has 0 saturated carbocycles. The smallest absolute Gasteiger partial charge is 0.343 e. The first-order valence-corrected chi connectivity index (χ1v) is 10.2. The fourth-order valence-corrected chi connectivity index (χ4v) is 3.43. The van der Waals surface area contributed by atoms with Crippen LogP contribution < -0.4 is 14.9 Å². The number of nitrogens with one attached hydrogen (secondary N) is 1. The van der Waals surface area contributed by atoms with Crippen molar-refractivity contribution >= 4 is 51.8 Å². The lowest BCUT2D eigenvalue weighted by molar-refractivity contribution is -0.393. The molecule has 3 aromatic carbocycles. The molecule has 0 aliphatic heterocycles. The van der Waals surface area contributed by atoms with Crippen molar-refractivity contribution in [1.29, 1.82) is 0 Å². The Labute approximate surface area is 200 Å². The highest BCUT2D eigenvalue weighted by molar-refractivity contribution is 14.1. The van der Waals surface area contributed by atoms with Gasteiger partial charge in [-0.05, 0) is 58.5 Å². The SMILES string of the molecule is COc1cc(/C=N\Nc2ccc([N+](=O)[O-])cc2[N+](=O)[O-])cc(I)c1OC(=O)c1ccccc1. The molecular formula is C21H15IN4O7. The number of rotatable bonds is 8. The van der Waals surface area contributed by atoms with Crippen molar-refractivity contribution in [3.8, 4) is 11.5 Å². The van der Waals surface area contributed by atoms with E-state index in [1.165, 1.54) is 19.4 Å². The van der Waals surface area contributed by atoms with E-state index < -0.39 is 27.2 Å². The van der Waals surface area contributed by atoms with E-state index in [9.17, 15) is 25.0 Å². The molecule has 0 aliphatic carbocycles. The summed E-state index contributed by atoms with van der Waals surface area (Å²) < 4.78 is 11.4. The van der Waals surface area contributed by atoms with Gasteiger partial charge in [-0.15, -0.1) is 0 Å². The highest BCUT2D eigenvalue weighted by atomic mass is 127. The van der Waals surface area contributed by atoms with Gasteiger partial charge in [-0.2, -0.15) is 5.10 Å². The number of anilines is 1. The van der Waals surface area contributed by atoms with E-state index in [0.29, 0.717) is 14.7 Å². The summed E-state index contributed by atoms with van der Waals surface area (Å²) in [7, 11) is 1.42. The maximum atomic E-state index is 12.4. The fourth-order valence-electron chi connectivity index (χ4n) is 2.69. The summed E-state index contributed by atoms with van der Waals surface area (Å²) in [4.78, 5) is 33.0. The van der Waals surface area contributed by atoms with Gasteiger partial charge in [0.15, 0.2) is 11.5 Å². The van der Waals surface area contributed by atoms with Gasteiger partial charge in [0, 0.05) is 6.07 Å². The summed E-state index contributed by atoms with van der Waals surface area (Å²) in [6.07, 6.45) is 1.37. The number of methoxy groups -OCH3 is 1. The quantitative estimate of drug-likeness (QED) is 0.103. The molecule has 1 N–H and O–H groups in total. The van der Waals surface area contributed by atoms with Crippen LogP contribution >= 0.6 is 22.6 Å². The zero-order chi connectivity index (χ0) is 24.0. The van der Waals surface area contributed by atoms with Gasteiger partial charge in [-0.1, -0.05) is 18.2 Å². The molecular weight excluding hydrogens is 547 g/mol. The number of halogens is 1. The van der Waals surface area contributed by atoms with Crippen LogP contribution in [0.15, 0.2) is 65.8 Å². The van der Waals surface area contributed by atoms with E-state index >= 15 is 0 Å². The maximum absolute atomic E-state index is 12.4. The molecule has 12 heteroatoms. The van der Waals surface area contributed by atoms with Crippen LogP contribution in [0.1, 0.15) is 15.9 Å². The standard InChI is InChI=1S/C21H15IN4O7/c1-32-19-10-13(9-16(22)20(19)33-21(27)14-5-3-2-4-6-14)12-23-24-17-8-7-15(25(28)29)11-18(17)26(30)31/h2-12,24H,1H3/b23-12-. The number of hydrogen-bond acceptors (Lipinski definition) is 9. The topological polar surface area (TPSA) is 146 Å². The number of hydrogen-bond donors (Lipinski definition) is 1. The Morgan fingerprint density at radius 3 is 2.42 bits per heavy atom. The number of esters is 1. The monoisotopic (exact) mass is 562 g/mol. The molecule has 0 bridgehead atoms. The van der Waals surface area contributed by atoms with Crippen LogP contribution in [0.2, 0.25) is 0 Å². The summed E-state index contributed by atoms with van der Waals surface area (Å²) in [6.45, 7) is 0. The second kappa shape index (κ2) is 10.5. The van der Waals surface area contributed by atoms with Gasteiger partial charge >= 0.3 is 11.7 Å². The van der Waals surface area contributed by atoms with E-state index in [1.807, 2.05) is 22.6 Å². The summed E-state index contributed by atoms with van der Waals surface area (Å²) in [5.74, 6) is -0.0163. The van der Waals surface area contributed by atoms with Crippen LogP contribution in [0.5, 0.6) is 11.5 Å². The van der Waals surface area contributed by atoms with Crippen molar-refractivity contribution in [1.82, 2.24) is 0 Å². The molecule has 0 unspecified atom stereocenters. The molecule has 11 nitrogen and oxygen atoms in total. The number of nitrogens with zero attached hydrogens (tertiary/aromatic N) is 3. The van der Waals surface area contributed by atoms with Crippen molar-refractivity contribution in [2.45, 2.75) is 0 Å². The van der Waals surface area contributed by atoms with Crippen LogP contribution in [0, 0.1) is 23.8 Å². The molecule has 0 fully saturated rings. The molecule has 3 rings (SSSR count). The van der Waals surface area contributed by atoms with E-state index in [2.05, 4.69) is 10.5 Å². The van der Waals surface area contributed by atoms with E-state index in [0.717, 1.165) is 12.1 Å². The van der Waals surface area contributed by atoms with Crippen LogP contribution in [-0.2, 0) is 0 Å². The minimum atomic E-state index is -0.743. The lowest BCUT2D eigenvalue weighted by Crippen LogP contribution is -2.10. The number of nitro groups is 2. The Morgan fingerprint density at radius 1 is 1.06 bits per heavy atom. The molecule has 0 atom stereocenters. The molecule has 0 saturated heterocycles. The minimum absolute atomic E-state index is 0.0167. The van der Waals surface area contributed by atoms with Crippen molar-refractivity contribution in [3.63, 3.8) is 0 Å². The third-order valence-corrected chi connectivity index (χ3v) is 5.04. The molecule has 3 aromatic rings. The Kier molecular flexibility index (Phi) is 7.50. The number of carbonyl (C=O) groups is 1. The first kappa shape index (κ1) is 23.6. The normalized spacial score (nSPS) is 10.6. The average Bonchev–Trinajstić information content (AvgIpc) is 2.80. The summed E-state index contributed by atoms with van der Waals surface area (Å²) in [5, 5.41) is 26.0. The summed E-state index contributed by atoms with van der Waals surface area (Å²) >= 11 is 1.98. The second-order valence-electron chi connectivity index (χ2n) is 6.38. The van der Waals surface area contributed by atoms with Crippen molar-refractivity contribution in [2.75, 3.05) is 12.5 Å². The third-order valence-electron chi connectivity index (χ3n) is 4.24. The molecule has 0 aromatic heterocycles. The van der Waals surface area contributed by atoms with Crippen LogP contribution in [-0.4, -0.2) is 29.1 Å². The summed E-state index contributed by atoms with van der Waals surface area (Å²) in [5.41, 5.74) is 2.53. The van der Waals surface area contributed by atoms with Gasteiger partial charge in [0.05, 0.1) is 38.4 Å². The Bertz CT molecular complexity index is 1250. The molecule has 33 heavy (non-hydrogen) atoms. The van der Waals surface area contributed by atoms with Gasteiger partial charge in [0.25, 0.3) is 5.69 Å². The Balaban J connectivity index is 1.81. The van der Waals surface area contributed by atoms with Crippen LogP contribution in [0.3, 0.4) is 0 Å². The largest absolute Gasteiger partial charge is 0.493 e. The van der Waals surface area contributed by atoms with E-state index in [4.69, 9.17) is 9.47 Å². The van der Waals surface area contributed by atoms with Gasteiger partial charge < -0.3 is 9.47 Å². The molecule has 0 radical (unpaired) electrons. The number of benzene rings is 3. The number of carbonyl (C=O) groups excluding carboxylic acids is 1.